The normalized spacial score (nSPS) is 12.7. The second-order valence-electron chi connectivity index (χ2n) is 4.25. The third kappa shape index (κ3) is 9.29. The van der Waals surface area contributed by atoms with Gasteiger partial charge in [-0.2, -0.15) is 0 Å². The molecule has 1 unspecified atom stereocenters. The molecule has 2 amide bonds. The SMILES string of the molecule is CCC(CNC(=O)NCCS(=O)(=O)CC)CC(=O)O. The van der Waals surface area contributed by atoms with Gasteiger partial charge >= 0.3 is 12.0 Å². The molecule has 0 radical (unpaired) electrons. The van der Waals surface area contributed by atoms with Crippen molar-refractivity contribution in [2.24, 2.45) is 5.92 Å². The Bertz CT molecular complexity index is 394. The van der Waals surface area contributed by atoms with Crippen LogP contribution in [-0.2, 0) is 14.6 Å². The molecule has 0 rings (SSSR count). The first-order chi connectivity index (χ1) is 8.80. The Hall–Kier alpha value is -1.31. The van der Waals surface area contributed by atoms with E-state index in [0.29, 0.717) is 6.42 Å². The maximum absolute atomic E-state index is 11.4. The van der Waals surface area contributed by atoms with Crippen molar-refractivity contribution in [3.8, 4) is 0 Å². The lowest BCUT2D eigenvalue weighted by atomic mass is 10.0. The van der Waals surface area contributed by atoms with Crippen LogP contribution < -0.4 is 10.6 Å². The highest BCUT2D eigenvalue weighted by Crippen LogP contribution is 2.06. The number of sulfone groups is 1. The molecule has 0 aromatic carbocycles. The van der Waals surface area contributed by atoms with E-state index in [4.69, 9.17) is 5.11 Å². The van der Waals surface area contributed by atoms with Gasteiger partial charge in [-0.05, 0) is 5.92 Å². The van der Waals surface area contributed by atoms with Crippen molar-refractivity contribution in [1.82, 2.24) is 10.6 Å². The molecule has 112 valence electrons. The zero-order chi connectivity index (χ0) is 14.9. The second-order valence-corrected chi connectivity index (χ2v) is 6.72. The van der Waals surface area contributed by atoms with Gasteiger partial charge < -0.3 is 15.7 Å². The molecule has 0 aromatic rings. The van der Waals surface area contributed by atoms with E-state index in [2.05, 4.69) is 10.6 Å². The summed E-state index contributed by atoms with van der Waals surface area (Å²) in [6.45, 7) is 3.71. The zero-order valence-corrected chi connectivity index (χ0v) is 12.1. The van der Waals surface area contributed by atoms with Crippen LogP contribution in [0.2, 0.25) is 0 Å². The van der Waals surface area contributed by atoms with Crippen LogP contribution in [0.3, 0.4) is 0 Å². The van der Waals surface area contributed by atoms with Gasteiger partial charge in [-0.1, -0.05) is 20.3 Å². The quantitative estimate of drug-likeness (QED) is 0.563. The Balaban J connectivity index is 3.89. The molecule has 0 fully saturated rings. The minimum atomic E-state index is -3.09. The van der Waals surface area contributed by atoms with Crippen LogP contribution in [-0.4, -0.2) is 50.1 Å². The van der Waals surface area contributed by atoms with Crippen LogP contribution in [0.15, 0.2) is 0 Å². The van der Waals surface area contributed by atoms with Crippen LogP contribution in [0.5, 0.6) is 0 Å². The summed E-state index contributed by atoms with van der Waals surface area (Å²) in [4.78, 5) is 21.9. The Morgan fingerprint density at radius 3 is 2.32 bits per heavy atom. The van der Waals surface area contributed by atoms with Crippen LogP contribution in [0, 0.1) is 5.92 Å². The summed E-state index contributed by atoms with van der Waals surface area (Å²) in [7, 11) is -3.09. The van der Waals surface area contributed by atoms with Crippen molar-refractivity contribution in [3.63, 3.8) is 0 Å². The number of amides is 2. The summed E-state index contributed by atoms with van der Waals surface area (Å²) in [5, 5.41) is 13.6. The molecule has 0 spiro atoms. The number of urea groups is 1. The number of hydrogen-bond acceptors (Lipinski definition) is 4. The highest BCUT2D eigenvalue weighted by atomic mass is 32.2. The van der Waals surface area contributed by atoms with Gasteiger partial charge in [0.15, 0.2) is 9.84 Å². The Labute approximate surface area is 113 Å². The van der Waals surface area contributed by atoms with Crippen molar-refractivity contribution in [3.05, 3.63) is 0 Å². The van der Waals surface area contributed by atoms with Gasteiger partial charge in [0.05, 0.1) is 5.75 Å². The predicted octanol–water partition coefficient (Wildman–Crippen LogP) is 0.221. The molecule has 7 nitrogen and oxygen atoms in total. The number of hydrogen-bond donors (Lipinski definition) is 3. The van der Waals surface area contributed by atoms with Gasteiger partial charge in [0, 0.05) is 25.3 Å². The average Bonchev–Trinajstić information content (AvgIpc) is 2.33. The van der Waals surface area contributed by atoms with Gasteiger partial charge in [0.25, 0.3) is 0 Å². The second kappa shape index (κ2) is 8.73. The summed E-state index contributed by atoms with van der Waals surface area (Å²) in [5.74, 6) is -1.07. The molecule has 0 aliphatic heterocycles. The molecule has 0 saturated heterocycles. The van der Waals surface area contributed by atoms with Gasteiger partial charge in [-0.15, -0.1) is 0 Å². The third-order valence-electron chi connectivity index (χ3n) is 2.73. The van der Waals surface area contributed by atoms with E-state index in [-0.39, 0.29) is 36.9 Å². The Morgan fingerprint density at radius 2 is 1.84 bits per heavy atom. The molecule has 0 aromatic heterocycles. The van der Waals surface area contributed by atoms with Gasteiger partial charge in [-0.25, -0.2) is 13.2 Å². The van der Waals surface area contributed by atoms with E-state index in [9.17, 15) is 18.0 Å². The van der Waals surface area contributed by atoms with Crippen LogP contribution in [0.25, 0.3) is 0 Å². The minimum Gasteiger partial charge on any atom is -0.481 e. The summed E-state index contributed by atoms with van der Waals surface area (Å²) < 4.78 is 22.4. The van der Waals surface area contributed by atoms with E-state index in [1.165, 1.54) is 0 Å². The molecular weight excluding hydrogens is 272 g/mol. The lowest BCUT2D eigenvalue weighted by Crippen LogP contribution is -2.40. The van der Waals surface area contributed by atoms with Crippen molar-refractivity contribution in [1.29, 1.82) is 0 Å². The molecule has 19 heavy (non-hydrogen) atoms. The zero-order valence-electron chi connectivity index (χ0n) is 11.3. The number of carboxylic acid groups (broad SMARTS) is 1. The highest BCUT2D eigenvalue weighted by Gasteiger charge is 2.13. The fourth-order valence-corrected chi connectivity index (χ4v) is 2.07. The predicted molar refractivity (Wildman–Crippen MR) is 71.8 cm³/mol. The monoisotopic (exact) mass is 294 g/mol. The topological polar surface area (TPSA) is 113 Å². The third-order valence-corrected chi connectivity index (χ3v) is 4.44. The molecule has 0 aliphatic carbocycles. The number of carboxylic acids is 1. The first-order valence-electron chi connectivity index (χ1n) is 6.24. The first-order valence-corrected chi connectivity index (χ1v) is 8.06. The van der Waals surface area contributed by atoms with Crippen molar-refractivity contribution >= 4 is 21.8 Å². The number of aliphatic carboxylic acids is 1. The number of nitrogens with one attached hydrogen (secondary N) is 2. The van der Waals surface area contributed by atoms with Crippen LogP contribution >= 0.6 is 0 Å². The molecular formula is C11H22N2O5S. The summed E-state index contributed by atoms with van der Waals surface area (Å²) in [6.07, 6.45) is 0.651. The molecule has 0 saturated carbocycles. The van der Waals surface area contributed by atoms with Gasteiger partial charge in [0.1, 0.15) is 0 Å². The Kier molecular flexibility index (Phi) is 8.13. The van der Waals surface area contributed by atoms with E-state index < -0.39 is 21.8 Å². The largest absolute Gasteiger partial charge is 0.481 e. The standard InChI is InChI=1S/C11H22N2O5S/c1-3-9(7-10(14)15)8-13-11(16)12-5-6-19(17,18)4-2/h9H,3-8H2,1-2H3,(H,14,15)(H2,12,13,16). The van der Waals surface area contributed by atoms with Crippen molar-refractivity contribution < 1.29 is 23.1 Å². The van der Waals surface area contributed by atoms with E-state index in [1.54, 1.807) is 6.92 Å². The molecule has 0 bridgehead atoms. The smallest absolute Gasteiger partial charge is 0.314 e. The number of carbonyl (C=O) groups is 2. The fraction of sp³-hybridized carbons (Fsp3) is 0.818. The maximum atomic E-state index is 11.4. The summed E-state index contributed by atoms with van der Waals surface area (Å²) in [5.41, 5.74) is 0. The maximum Gasteiger partial charge on any atom is 0.314 e. The first kappa shape index (κ1) is 17.7. The molecule has 0 aliphatic rings. The molecule has 3 N–H and O–H groups in total. The number of carbonyl (C=O) groups excluding carboxylic acids is 1. The van der Waals surface area contributed by atoms with Gasteiger partial charge in [-0.3, -0.25) is 4.79 Å². The average molecular weight is 294 g/mol. The molecule has 8 heteroatoms. The van der Waals surface area contributed by atoms with E-state index in [1.807, 2.05) is 6.92 Å². The van der Waals surface area contributed by atoms with Crippen LogP contribution in [0.1, 0.15) is 26.7 Å². The number of rotatable bonds is 9. The van der Waals surface area contributed by atoms with Gasteiger partial charge in [0.2, 0.25) is 0 Å². The summed E-state index contributed by atoms with van der Waals surface area (Å²) >= 11 is 0. The molecule has 1 atom stereocenters. The van der Waals surface area contributed by atoms with E-state index in [0.717, 1.165) is 0 Å². The lowest BCUT2D eigenvalue weighted by Gasteiger charge is -2.13. The minimum absolute atomic E-state index is 0.000986. The Morgan fingerprint density at radius 1 is 1.21 bits per heavy atom. The highest BCUT2D eigenvalue weighted by molar-refractivity contribution is 7.91. The lowest BCUT2D eigenvalue weighted by molar-refractivity contribution is -0.138. The summed E-state index contributed by atoms with van der Waals surface area (Å²) in [6, 6.07) is -0.477. The van der Waals surface area contributed by atoms with Crippen molar-refractivity contribution in [2.45, 2.75) is 26.7 Å². The van der Waals surface area contributed by atoms with Crippen molar-refractivity contribution in [2.75, 3.05) is 24.6 Å². The molecule has 0 heterocycles. The fourth-order valence-electron chi connectivity index (χ4n) is 1.37. The van der Waals surface area contributed by atoms with E-state index >= 15 is 0 Å². The van der Waals surface area contributed by atoms with Crippen LogP contribution in [0.4, 0.5) is 4.79 Å².